The molecule has 1 unspecified atom stereocenters. The first-order valence-electron chi connectivity index (χ1n) is 9.73. The summed E-state index contributed by atoms with van der Waals surface area (Å²) in [6.07, 6.45) is 1.63. The van der Waals surface area contributed by atoms with Crippen molar-refractivity contribution in [3.05, 3.63) is 77.2 Å². The van der Waals surface area contributed by atoms with Gasteiger partial charge in [-0.25, -0.2) is 4.39 Å². The number of hydrogen-bond acceptors (Lipinski definition) is 3. The molecule has 0 aliphatic carbocycles. The Balaban J connectivity index is 1.60. The zero-order valence-electron chi connectivity index (χ0n) is 16.0. The lowest BCUT2D eigenvalue weighted by Gasteiger charge is -2.33. The molecule has 1 saturated heterocycles. The van der Waals surface area contributed by atoms with Crippen molar-refractivity contribution in [2.24, 2.45) is 5.73 Å². The van der Waals surface area contributed by atoms with Crippen LogP contribution in [0.1, 0.15) is 40.4 Å². The van der Waals surface area contributed by atoms with Crippen LogP contribution in [0.5, 0.6) is 0 Å². The molecule has 2 aromatic carbocycles. The molecule has 1 fully saturated rings. The Morgan fingerprint density at radius 1 is 1.14 bits per heavy atom. The second kappa shape index (κ2) is 7.99. The van der Waals surface area contributed by atoms with E-state index in [9.17, 15) is 14.0 Å². The number of piperidine rings is 1. The van der Waals surface area contributed by atoms with Gasteiger partial charge in [-0.2, -0.15) is 0 Å². The molecule has 0 saturated carbocycles. The smallest absolute Gasteiger partial charge is 0.250 e. The average Bonchev–Trinajstić information content (AvgIpc) is 2.74. The van der Waals surface area contributed by atoms with Crippen molar-refractivity contribution in [1.29, 1.82) is 0 Å². The molecule has 1 aliphatic rings. The molecule has 1 atom stereocenters. The van der Waals surface area contributed by atoms with Crippen LogP contribution < -0.4 is 5.73 Å². The molecule has 0 spiro atoms. The van der Waals surface area contributed by atoms with E-state index in [4.69, 9.17) is 10.7 Å². The third-order valence-electron chi connectivity index (χ3n) is 5.48. The predicted molar refractivity (Wildman–Crippen MR) is 109 cm³/mol. The van der Waals surface area contributed by atoms with E-state index >= 15 is 0 Å². The van der Waals surface area contributed by atoms with Crippen LogP contribution in [0.3, 0.4) is 0 Å². The maximum Gasteiger partial charge on any atom is 0.250 e. The number of halogens is 1. The van der Waals surface area contributed by atoms with Gasteiger partial charge in [0.05, 0.1) is 23.2 Å². The fourth-order valence-electron chi connectivity index (χ4n) is 3.98. The van der Waals surface area contributed by atoms with Crippen molar-refractivity contribution in [3.8, 4) is 0 Å². The highest BCUT2D eigenvalue weighted by atomic mass is 19.1. The predicted octanol–water partition coefficient (Wildman–Crippen LogP) is 3.42. The number of nitrogens with two attached hydrogens (primary N) is 1. The summed E-state index contributed by atoms with van der Waals surface area (Å²) in [4.78, 5) is 31.3. The van der Waals surface area contributed by atoms with Gasteiger partial charge in [0.2, 0.25) is 5.91 Å². The summed E-state index contributed by atoms with van der Waals surface area (Å²) in [5.74, 6) is -1.10. The van der Waals surface area contributed by atoms with Crippen LogP contribution in [0.4, 0.5) is 4.39 Å². The third-order valence-corrected chi connectivity index (χ3v) is 5.48. The van der Waals surface area contributed by atoms with E-state index in [2.05, 4.69) is 0 Å². The Morgan fingerprint density at radius 2 is 1.90 bits per heavy atom. The number of hydrogen-bond donors (Lipinski definition) is 1. The van der Waals surface area contributed by atoms with Crippen LogP contribution in [0.15, 0.2) is 54.6 Å². The number of amides is 2. The minimum absolute atomic E-state index is 0.0211. The number of aromatic nitrogens is 1. The minimum atomic E-state index is -0.520. The van der Waals surface area contributed by atoms with Gasteiger partial charge >= 0.3 is 0 Å². The van der Waals surface area contributed by atoms with Crippen LogP contribution in [0.2, 0.25) is 0 Å². The van der Waals surface area contributed by atoms with E-state index in [0.29, 0.717) is 29.9 Å². The highest BCUT2D eigenvalue weighted by molar-refractivity contribution is 5.97. The van der Waals surface area contributed by atoms with E-state index in [1.54, 1.807) is 29.2 Å². The number of primary amides is 1. The maximum atomic E-state index is 13.9. The van der Waals surface area contributed by atoms with Crippen LogP contribution >= 0.6 is 0 Å². The molecule has 0 bridgehead atoms. The minimum Gasteiger partial charge on any atom is -0.366 e. The van der Waals surface area contributed by atoms with Gasteiger partial charge in [0, 0.05) is 24.4 Å². The van der Waals surface area contributed by atoms with Crippen molar-refractivity contribution >= 4 is 22.7 Å². The summed E-state index contributed by atoms with van der Waals surface area (Å²) in [5, 5.41) is 0.855. The molecule has 29 heavy (non-hydrogen) atoms. The lowest BCUT2D eigenvalue weighted by molar-refractivity contribution is -0.131. The Labute approximate surface area is 168 Å². The Kier molecular flexibility index (Phi) is 5.25. The summed E-state index contributed by atoms with van der Waals surface area (Å²) >= 11 is 0. The quantitative estimate of drug-likeness (QED) is 0.740. The van der Waals surface area contributed by atoms with Crippen molar-refractivity contribution < 1.29 is 14.0 Å². The summed E-state index contributed by atoms with van der Waals surface area (Å²) in [7, 11) is 0. The molecule has 0 radical (unpaired) electrons. The van der Waals surface area contributed by atoms with E-state index in [1.165, 1.54) is 6.07 Å². The molecule has 2 heterocycles. The van der Waals surface area contributed by atoms with Gasteiger partial charge in [-0.3, -0.25) is 14.6 Å². The number of nitrogens with zero attached hydrogens (tertiary/aromatic N) is 2. The van der Waals surface area contributed by atoms with Crippen molar-refractivity contribution in [2.75, 3.05) is 13.1 Å². The van der Waals surface area contributed by atoms with Crippen LogP contribution in [-0.2, 0) is 11.2 Å². The SMILES string of the molecule is NC(=O)c1cc2ccccc2nc1C1CCCN(C(=O)Cc2ccccc2F)C1. The molecule has 1 aliphatic heterocycles. The average molecular weight is 391 g/mol. The molecule has 2 N–H and O–H groups in total. The van der Waals surface area contributed by atoms with Crippen LogP contribution in [-0.4, -0.2) is 34.8 Å². The Hall–Kier alpha value is -3.28. The van der Waals surface area contributed by atoms with Gasteiger partial charge in [0.1, 0.15) is 5.82 Å². The zero-order chi connectivity index (χ0) is 20.4. The van der Waals surface area contributed by atoms with Crippen molar-refractivity contribution in [2.45, 2.75) is 25.2 Å². The Bertz CT molecular complexity index is 1080. The molecule has 5 nitrogen and oxygen atoms in total. The topological polar surface area (TPSA) is 76.3 Å². The molecule has 6 heteroatoms. The maximum absolute atomic E-state index is 13.9. The Morgan fingerprint density at radius 3 is 2.69 bits per heavy atom. The van der Waals surface area contributed by atoms with Gasteiger partial charge in [0.25, 0.3) is 5.91 Å². The van der Waals surface area contributed by atoms with Gasteiger partial charge in [-0.05, 0) is 36.6 Å². The molecule has 3 aromatic rings. The van der Waals surface area contributed by atoms with E-state index in [0.717, 1.165) is 23.7 Å². The summed E-state index contributed by atoms with van der Waals surface area (Å²) in [6.45, 7) is 1.06. The number of fused-ring (bicyclic) bond motifs is 1. The summed E-state index contributed by atoms with van der Waals surface area (Å²) in [6, 6.07) is 15.7. The number of carbonyl (C=O) groups excluding carboxylic acids is 2. The number of benzene rings is 2. The lowest BCUT2D eigenvalue weighted by Crippen LogP contribution is -2.40. The van der Waals surface area contributed by atoms with Gasteiger partial charge < -0.3 is 10.6 Å². The van der Waals surface area contributed by atoms with Crippen LogP contribution in [0, 0.1) is 5.82 Å². The summed E-state index contributed by atoms with van der Waals surface area (Å²) in [5.41, 5.74) is 7.85. The summed E-state index contributed by atoms with van der Waals surface area (Å²) < 4.78 is 13.9. The first kappa shape index (κ1) is 19.1. The molecule has 2 amide bonds. The monoisotopic (exact) mass is 391 g/mol. The zero-order valence-corrected chi connectivity index (χ0v) is 16.0. The number of likely N-dealkylation sites (tertiary alicyclic amines) is 1. The van der Waals surface area contributed by atoms with Crippen LogP contribution in [0.25, 0.3) is 10.9 Å². The highest BCUT2D eigenvalue weighted by Gasteiger charge is 2.29. The number of rotatable bonds is 4. The molecule has 148 valence electrons. The van der Waals surface area contributed by atoms with Gasteiger partial charge in [-0.15, -0.1) is 0 Å². The number of pyridine rings is 1. The number of para-hydroxylation sites is 1. The fourth-order valence-corrected chi connectivity index (χ4v) is 3.98. The van der Waals surface area contributed by atoms with E-state index < -0.39 is 5.91 Å². The first-order chi connectivity index (χ1) is 14.0. The molecular formula is C23H22FN3O2. The molecular weight excluding hydrogens is 369 g/mol. The standard InChI is InChI=1S/C23H22FN3O2/c24-19-9-3-1-6-15(19)13-21(28)27-11-5-8-17(14-27)22-18(23(25)29)12-16-7-2-4-10-20(16)26-22/h1-4,6-7,9-10,12,17H,5,8,11,13-14H2,(H2,25,29). The van der Waals surface area contributed by atoms with E-state index in [-0.39, 0.29) is 24.1 Å². The molecule has 1 aromatic heterocycles. The second-order valence-electron chi connectivity index (χ2n) is 7.43. The number of carbonyl (C=O) groups is 2. The lowest BCUT2D eigenvalue weighted by atomic mass is 9.90. The van der Waals surface area contributed by atoms with Gasteiger partial charge in [-0.1, -0.05) is 36.4 Å². The first-order valence-corrected chi connectivity index (χ1v) is 9.73. The second-order valence-corrected chi connectivity index (χ2v) is 7.43. The molecule has 4 rings (SSSR count). The third kappa shape index (κ3) is 3.97. The van der Waals surface area contributed by atoms with Gasteiger partial charge in [0.15, 0.2) is 0 Å². The van der Waals surface area contributed by atoms with Crippen molar-refractivity contribution in [1.82, 2.24) is 9.88 Å². The largest absolute Gasteiger partial charge is 0.366 e. The van der Waals surface area contributed by atoms with Crippen molar-refractivity contribution in [3.63, 3.8) is 0 Å². The normalized spacial score (nSPS) is 16.7. The fraction of sp³-hybridized carbons (Fsp3) is 0.261. The van der Waals surface area contributed by atoms with E-state index in [1.807, 2.05) is 24.3 Å². The highest BCUT2D eigenvalue weighted by Crippen LogP contribution is 2.30.